The quantitative estimate of drug-likeness (QED) is 0.256. The fraction of sp³-hybridized carbons (Fsp3) is 0.419. The number of carbonyl (C=O) groups is 2. The van der Waals surface area contributed by atoms with Crippen LogP contribution in [-0.4, -0.2) is 50.3 Å². The summed E-state index contributed by atoms with van der Waals surface area (Å²) in [4.78, 5) is 34.2. The summed E-state index contributed by atoms with van der Waals surface area (Å²) in [5.74, 6) is 0.849. The second-order valence-electron chi connectivity index (χ2n) is 11.4. The van der Waals surface area contributed by atoms with Crippen LogP contribution in [0.3, 0.4) is 0 Å². The molecule has 0 spiro atoms. The fourth-order valence-electron chi connectivity index (χ4n) is 5.02. The van der Waals surface area contributed by atoms with Crippen LogP contribution >= 0.6 is 0 Å². The first-order valence-electron chi connectivity index (χ1n) is 14.3. The smallest absolute Gasteiger partial charge is 0.376 e. The van der Waals surface area contributed by atoms with Crippen LogP contribution in [0, 0.1) is 0 Å². The van der Waals surface area contributed by atoms with Crippen LogP contribution in [0.4, 0.5) is 10.6 Å². The van der Waals surface area contributed by atoms with Gasteiger partial charge in [-0.05, 0) is 49.9 Å². The average molecular weight is 588 g/mol. The van der Waals surface area contributed by atoms with Crippen LogP contribution in [0.15, 0.2) is 48.7 Å². The molecule has 1 aliphatic rings. The van der Waals surface area contributed by atoms with Gasteiger partial charge in [-0.1, -0.05) is 45.0 Å². The molecule has 2 amide bonds. The summed E-state index contributed by atoms with van der Waals surface area (Å²) in [5.41, 5.74) is 2.90. The molecular formula is C31H37N7O5. The van der Waals surface area contributed by atoms with Crippen molar-refractivity contribution in [2.24, 2.45) is 0 Å². The van der Waals surface area contributed by atoms with E-state index in [1.54, 1.807) is 20.1 Å². The molecular weight excluding hydrogens is 550 g/mol. The van der Waals surface area contributed by atoms with Gasteiger partial charge in [0.25, 0.3) is 0 Å². The van der Waals surface area contributed by atoms with Gasteiger partial charge in [0.1, 0.15) is 23.8 Å². The molecule has 4 aromatic rings. The lowest BCUT2D eigenvalue weighted by molar-refractivity contribution is 0.0511. The minimum absolute atomic E-state index is 0.0963. The lowest BCUT2D eigenvalue weighted by atomic mass is 9.85. The molecule has 0 saturated heterocycles. The molecule has 1 aliphatic carbocycles. The Morgan fingerprint density at radius 2 is 1.84 bits per heavy atom. The number of carbonyl (C=O) groups excluding carboxylic acids is 2. The van der Waals surface area contributed by atoms with E-state index >= 15 is 0 Å². The standard InChI is InChI=1S/C31H37N7O5/c1-7-42-29(39)27-33-24(31(3,4)5)16-25(34-27)35-30(40)32-22-13-14-23(21-11-9-8-10-20(21)22)43-19-12-15-26-36-37-28(18(2)41-6)38(26)17-19/h8-12,15-18,22-23H,7,13-14H2,1-6H3,(H2,32,33,34,35,40)/t18?,22-,23+/m0/s1. The van der Waals surface area contributed by atoms with E-state index in [-0.39, 0.29) is 41.9 Å². The Kier molecular flexibility index (Phi) is 8.58. The molecule has 12 nitrogen and oxygen atoms in total. The van der Waals surface area contributed by atoms with Crippen molar-refractivity contribution in [3.8, 4) is 5.75 Å². The Hall–Kier alpha value is -4.58. The molecule has 0 aliphatic heterocycles. The number of amides is 2. The number of nitrogens with zero attached hydrogens (tertiary/aromatic N) is 5. The first-order chi connectivity index (χ1) is 20.6. The Morgan fingerprint density at radius 1 is 1.07 bits per heavy atom. The van der Waals surface area contributed by atoms with E-state index in [0.29, 0.717) is 35.8 Å². The van der Waals surface area contributed by atoms with Crippen LogP contribution in [-0.2, 0) is 14.9 Å². The minimum Gasteiger partial charge on any atom is -0.484 e. The highest BCUT2D eigenvalue weighted by Gasteiger charge is 2.30. The molecule has 2 N–H and O–H groups in total. The molecule has 0 fully saturated rings. The number of urea groups is 1. The van der Waals surface area contributed by atoms with Gasteiger partial charge in [-0.2, -0.15) is 0 Å². The van der Waals surface area contributed by atoms with Crippen LogP contribution < -0.4 is 15.4 Å². The van der Waals surface area contributed by atoms with Crippen LogP contribution in [0.1, 0.15) is 99.0 Å². The molecule has 1 aromatic carbocycles. The number of hydrogen-bond acceptors (Lipinski definition) is 9. The predicted molar refractivity (Wildman–Crippen MR) is 159 cm³/mol. The van der Waals surface area contributed by atoms with E-state index in [1.165, 1.54) is 0 Å². The third kappa shape index (κ3) is 6.59. The fourth-order valence-corrected chi connectivity index (χ4v) is 5.02. The maximum atomic E-state index is 13.2. The summed E-state index contributed by atoms with van der Waals surface area (Å²) >= 11 is 0. The zero-order chi connectivity index (χ0) is 30.7. The van der Waals surface area contributed by atoms with Gasteiger partial charge in [-0.3, -0.25) is 9.72 Å². The number of rotatable bonds is 8. The van der Waals surface area contributed by atoms with Crippen molar-refractivity contribution in [3.63, 3.8) is 0 Å². The normalized spacial score (nSPS) is 17.2. The number of esters is 1. The first kappa shape index (κ1) is 29.9. The average Bonchev–Trinajstić information content (AvgIpc) is 3.41. The van der Waals surface area contributed by atoms with E-state index in [0.717, 1.165) is 11.1 Å². The first-order valence-corrected chi connectivity index (χ1v) is 14.3. The van der Waals surface area contributed by atoms with Gasteiger partial charge in [0.2, 0.25) is 5.82 Å². The number of ether oxygens (including phenoxy) is 3. The largest absolute Gasteiger partial charge is 0.484 e. The summed E-state index contributed by atoms with van der Waals surface area (Å²) in [6, 6.07) is 12.7. The summed E-state index contributed by atoms with van der Waals surface area (Å²) in [6.45, 7) is 9.72. The highest BCUT2D eigenvalue weighted by molar-refractivity contribution is 5.90. The summed E-state index contributed by atoms with van der Waals surface area (Å²) in [6.07, 6.45) is 2.77. The van der Waals surface area contributed by atoms with Gasteiger partial charge in [0.05, 0.1) is 24.5 Å². The Bertz CT molecular complexity index is 1630. The SMILES string of the molecule is CCOC(=O)c1nc(NC(=O)N[C@H]2CC[C@@H](Oc3ccc4nnc(C(C)OC)n4c3)c3ccccc32)cc(C(C)(C)C)n1. The van der Waals surface area contributed by atoms with Gasteiger partial charge in [-0.25, -0.2) is 19.6 Å². The molecule has 3 atom stereocenters. The maximum Gasteiger partial charge on any atom is 0.376 e. The van der Waals surface area contributed by atoms with Crippen molar-refractivity contribution in [2.75, 3.05) is 19.0 Å². The lowest BCUT2D eigenvalue weighted by Gasteiger charge is -2.32. The Balaban J connectivity index is 1.33. The van der Waals surface area contributed by atoms with E-state index in [1.807, 2.05) is 74.7 Å². The minimum atomic E-state index is -0.641. The molecule has 5 rings (SSSR count). The molecule has 1 unspecified atom stereocenters. The van der Waals surface area contributed by atoms with Crippen molar-refractivity contribution >= 4 is 23.5 Å². The highest BCUT2D eigenvalue weighted by atomic mass is 16.5. The van der Waals surface area contributed by atoms with Crippen molar-refractivity contribution in [3.05, 3.63) is 77.1 Å². The zero-order valence-electron chi connectivity index (χ0n) is 25.2. The van der Waals surface area contributed by atoms with Gasteiger partial charge in [-0.15, -0.1) is 10.2 Å². The van der Waals surface area contributed by atoms with E-state index < -0.39 is 12.0 Å². The number of benzene rings is 1. The van der Waals surface area contributed by atoms with Crippen LogP contribution in [0.25, 0.3) is 5.65 Å². The number of nitrogens with one attached hydrogen (secondary N) is 2. The second kappa shape index (κ2) is 12.3. The van der Waals surface area contributed by atoms with Crippen molar-refractivity contribution in [2.45, 2.75) is 71.1 Å². The molecule has 0 saturated carbocycles. The molecule has 226 valence electrons. The van der Waals surface area contributed by atoms with Crippen molar-refractivity contribution < 1.29 is 23.8 Å². The topological polar surface area (TPSA) is 142 Å². The third-order valence-corrected chi connectivity index (χ3v) is 7.33. The number of aromatic nitrogens is 5. The van der Waals surface area contributed by atoms with E-state index in [4.69, 9.17) is 14.2 Å². The van der Waals surface area contributed by atoms with Crippen LogP contribution in [0.2, 0.25) is 0 Å². The molecule has 3 aromatic heterocycles. The second-order valence-corrected chi connectivity index (χ2v) is 11.4. The predicted octanol–water partition coefficient (Wildman–Crippen LogP) is 5.48. The van der Waals surface area contributed by atoms with E-state index in [9.17, 15) is 9.59 Å². The Labute approximate surface area is 250 Å². The number of methoxy groups -OCH3 is 1. The van der Waals surface area contributed by atoms with Gasteiger partial charge >= 0.3 is 12.0 Å². The molecule has 43 heavy (non-hydrogen) atoms. The van der Waals surface area contributed by atoms with Crippen molar-refractivity contribution in [1.82, 2.24) is 29.9 Å². The summed E-state index contributed by atoms with van der Waals surface area (Å²) < 4.78 is 18.9. The van der Waals surface area contributed by atoms with E-state index in [2.05, 4.69) is 30.8 Å². The highest BCUT2D eigenvalue weighted by Crippen LogP contribution is 2.39. The lowest BCUT2D eigenvalue weighted by Crippen LogP contribution is -2.36. The maximum absolute atomic E-state index is 13.2. The number of pyridine rings is 1. The molecule has 0 radical (unpaired) electrons. The van der Waals surface area contributed by atoms with Gasteiger partial charge < -0.3 is 19.5 Å². The van der Waals surface area contributed by atoms with Gasteiger partial charge in [0, 0.05) is 18.6 Å². The summed E-state index contributed by atoms with van der Waals surface area (Å²) in [5, 5.41) is 14.3. The van der Waals surface area contributed by atoms with Crippen molar-refractivity contribution in [1.29, 1.82) is 0 Å². The number of fused-ring (bicyclic) bond motifs is 2. The number of hydrogen-bond donors (Lipinski definition) is 2. The van der Waals surface area contributed by atoms with Gasteiger partial charge in [0.15, 0.2) is 11.5 Å². The summed E-state index contributed by atoms with van der Waals surface area (Å²) in [7, 11) is 1.63. The van der Waals surface area contributed by atoms with Crippen LogP contribution in [0.5, 0.6) is 5.75 Å². The molecule has 3 heterocycles. The monoisotopic (exact) mass is 587 g/mol. The Morgan fingerprint density at radius 3 is 2.56 bits per heavy atom. The zero-order valence-corrected chi connectivity index (χ0v) is 25.2. The molecule has 12 heteroatoms. The number of anilines is 1. The third-order valence-electron chi connectivity index (χ3n) is 7.33. The molecule has 0 bridgehead atoms.